The van der Waals surface area contributed by atoms with E-state index in [0.717, 1.165) is 19.4 Å². The number of piperidine rings is 3. The van der Waals surface area contributed by atoms with E-state index in [1.165, 1.54) is 36.2 Å². The Kier molecular flexibility index (Phi) is 3.04. The van der Waals surface area contributed by atoms with E-state index in [1.807, 2.05) is 0 Å². The molecule has 0 spiro atoms. The zero-order chi connectivity index (χ0) is 12.5. The van der Waals surface area contributed by atoms with Crippen molar-refractivity contribution in [2.75, 3.05) is 19.6 Å². The predicted octanol–water partition coefficient (Wildman–Crippen LogP) is 0.660. The summed E-state index contributed by atoms with van der Waals surface area (Å²) in [4.78, 5) is 13.5. The van der Waals surface area contributed by atoms with Gasteiger partial charge in [-0.3, -0.25) is 0 Å². The lowest BCUT2D eigenvalue weighted by Crippen LogP contribution is -3.16. The number of fused-ring (bicyclic) bond motifs is 3. The van der Waals surface area contributed by atoms with Gasteiger partial charge in [-0.15, -0.1) is 0 Å². The van der Waals surface area contributed by atoms with Gasteiger partial charge in [-0.25, -0.2) is 9.18 Å². The van der Waals surface area contributed by atoms with E-state index < -0.39 is 11.8 Å². The van der Waals surface area contributed by atoms with Crippen LogP contribution in [0.25, 0.3) is 0 Å². The number of nitrogens with one attached hydrogen (secondary N) is 1. The second-order valence-corrected chi connectivity index (χ2v) is 5.25. The first-order valence-electron chi connectivity index (χ1n) is 6.52. The number of hydrogen-bond donors (Lipinski definition) is 1. The minimum absolute atomic E-state index is 0.0123. The Morgan fingerprint density at radius 1 is 1.33 bits per heavy atom. The fourth-order valence-corrected chi connectivity index (χ4v) is 3.03. The van der Waals surface area contributed by atoms with Crippen LogP contribution in [0.5, 0.6) is 0 Å². The van der Waals surface area contributed by atoms with Gasteiger partial charge in [0, 0.05) is 18.8 Å². The summed E-state index contributed by atoms with van der Waals surface area (Å²) < 4.78 is 18.6. The van der Waals surface area contributed by atoms with E-state index in [2.05, 4.69) is 0 Å². The molecule has 0 aliphatic carbocycles. The first-order valence-corrected chi connectivity index (χ1v) is 6.52. The second-order valence-electron chi connectivity index (χ2n) is 5.25. The standard InChI is InChI=1S/C14H16FNO2/c15-12-3-1-2-11(8-12)14(17)18-13-9-16-6-4-10(13)5-7-16/h1-3,8,10,13H,4-7,9H2/p+1/t13-/m1/s1. The molecule has 18 heavy (non-hydrogen) atoms. The molecule has 3 aliphatic rings. The highest BCUT2D eigenvalue weighted by molar-refractivity contribution is 5.89. The summed E-state index contributed by atoms with van der Waals surface area (Å²) in [5.41, 5.74) is 0.307. The summed E-state index contributed by atoms with van der Waals surface area (Å²) in [6.45, 7) is 3.29. The molecule has 3 nitrogen and oxygen atoms in total. The van der Waals surface area contributed by atoms with E-state index in [1.54, 1.807) is 6.07 Å². The number of carbonyl (C=O) groups excluding carboxylic acids is 1. The molecule has 1 aromatic carbocycles. The number of ether oxygens (including phenoxy) is 1. The van der Waals surface area contributed by atoms with Crippen LogP contribution in [0.2, 0.25) is 0 Å². The third-order valence-electron chi connectivity index (χ3n) is 4.07. The number of benzene rings is 1. The molecule has 0 unspecified atom stereocenters. The van der Waals surface area contributed by atoms with E-state index in [9.17, 15) is 9.18 Å². The van der Waals surface area contributed by atoms with E-state index in [-0.39, 0.29) is 6.10 Å². The van der Waals surface area contributed by atoms with Crippen molar-refractivity contribution in [3.63, 3.8) is 0 Å². The van der Waals surface area contributed by atoms with Crippen LogP contribution in [0.3, 0.4) is 0 Å². The third-order valence-corrected chi connectivity index (χ3v) is 4.07. The molecule has 4 rings (SSSR count). The fraction of sp³-hybridized carbons (Fsp3) is 0.500. The topological polar surface area (TPSA) is 30.7 Å². The lowest BCUT2D eigenvalue weighted by Gasteiger charge is -2.41. The van der Waals surface area contributed by atoms with Gasteiger partial charge >= 0.3 is 5.97 Å². The maximum atomic E-state index is 13.0. The average molecular weight is 250 g/mol. The summed E-state index contributed by atoms with van der Waals surface area (Å²) >= 11 is 0. The Balaban J connectivity index is 1.68. The molecule has 4 heteroatoms. The molecule has 3 heterocycles. The van der Waals surface area contributed by atoms with Crippen molar-refractivity contribution < 1.29 is 18.8 Å². The molecule has 1 N–H and O–H groups in total. The summed E-state index contributed by atoms with van der Waals surface area (Å²) in [6.07, 6.45) is 2.28. The van der Waals surface area contributed by atoms with Crippen LogP contribution in [0, 0.1) is 11.7 Å². The van der Waals surface area contributed by atoms with Crippen molar-refractivity contribution in [2.24, 2.45) is 5.92 Å². The molecule has 96 valence electrons. The SMILES string of the molecule is O=C(O[C@@H]1C[NH+]2CCC1CC2)c1cccc(F)c1. The van der Waals surface area contributed by atoms with Gasteiger partial charge < -0.3 is 9.64 Å². The van der Waals surface area contributed by atoms with Crippen molar-refractivity contribution in [2.45, 2.75) is 18.9 Å². The largest absolute Gasteiger partial charge is 0.452 e. The quantitative estimate of drug-likeness (QED) is 0.782. The molecular weight excluding hydrogens is 233 g/mol. The maximum Gasteiger partial charge on any atom is 0.338 e. The van der Waals surface area contributed by atoms with E-state index >= 15 is 0 Å². The van der Waals surface area contributed by atoms with Gasteiger partial charge in [0.2, 0.25) is 0 Å². The van der Waals surface area contributed by atoms with Gasteiger partial charge in [0.1, 0.15) is 12.4 Å². The number of esters is 1. The Hall–Kier alpha value is -1.42. The van der Waals surface area contributed by atoms with E-state index in [4.69, 9.17) is 4.74 Å². The molecule has 0 aromatic heterocycles. The van der Waals surface area contributed by atoms with Crippen LogP contribution >= 0.6 is 0 Å². The highest BCUT2D eigenvalue weighted by Crippen LogP contribution is 2.22. The fourth-order valence-electron chi connectivity index (χ4n) is 3.03. The lowest BCUT2D eigenvalue weighted by molar-refractivity contribution is -0.920. The van der Waals surface area contributed by atoms with Crippen LogP contribution in [0.15, 0.2) is 24.3 Å². The number of halogens is 1. The van der Waals surface area contributed by atoms with Crippen molar-refractivity contribution >= 4 is 5.97 Å². The van der Waals surface area contributed by atoms with Gasteiger partial charge in [-0.1, -0.05) is 6.07 Å². The molecule has 0 saturated carbocycles. The summed E-state index contributed by atoms with van der Waals surface area (Å²) in [5, 5.41) is 0. The molecule has 0 amide bonds. The third kappa shape index (κ3) is 2.25. The second kappa shape index (κ2) is 4.69. The van der Waals surface area contributed by atoms with E-state index in [0.29, 0.717) is 11.5 Å². The van der Waals surface area contributed by atoms with Crippen LogP contribution in [0.4, 0.5) is 4.39 Å². The number of carbonyl (C=O) groups is 1. The van der Waals surface area contributed by atoms with Gasteiger partial charge in [-0.05, 0) is 18.2 Å². The predicted molar refractivity (Wildman–Crippen MR) is 63.9 cm³/mol. The minimum Gasteiger partial charge on any atom is -0.452 e. The van der Waals surface area contributed by atoms with Crippen LogP contribution in [-0.4, -0.2) is 31.7 Å². The Morgan fingerprint density at radius 2 is 2.11 bits per heavy atom. The van der Waals surface area contributed by atoms with Crippen LogP contribution in [-0.2, 0) is 4.74 Å². The summed E-state index contributed by atoms with van der Waals surface area (Å²) in [5.74, 6) is -0.295. The zero-order valence-corrected chi connectivity index (χ0v) is 10.2. The molecule has 0 radical (unpaired) electrons. The highest BCUT2D eigenvalue weighted by atomic mass is 19.1. The zero-order valence-electron chi connectivity index (χ0n) is 10.2. The van der Waals surface area contributed by atoms with Gasteiger partial charge in [-0.2, -0.15) is 0 Å². The van der Waals surface area contributed by atoms with Crippen molar-refractivity contribution in [1.82, 2.24) is 0 Å². The average Bonchev–Trinajstić information content (AvgIpc) is 2.40. The summed E-state index contributed by atoms with van der Waals surface area (Å²) in [7, 11) is 0. The van der Waals surface area contributed by atoms with Gasteiger partial charge in [0.05, 0.1) is 18.7 Å². The molecule has 2 bridgehead atoms. The smallest absolute Gasteiger partial charge is 0.338 e. The normalized spacial score (nSPS) is 30.2. The first-order chi connectivity index (χ1) is 8.72. The first kappa shape index (κ1) is 11.7. The minimum atomic E-state index is -0.399. The van der Waals surface area contributed by atoms with Crippen molar-refractivity contribution in [3.05, 3.63) is 35.6 Å². The lowest BCUT2D eigenvalue weighted by atomic mass is 9.86. The molecule has 1 aromatic rings. The Morgan fingerprint density at radius 3 is 2.72 bits per heavy atom. The van der Waals surface area contributed by atoms with Crippen LogP contribution in [0.1, 0.15) is 23.2 Å². The van der Waals surface area contributed by atoms with Crippen molar-refractivity contribution in [1.29, 1.82) is 0 Å². The van der Waals surface area contributed by atoms with Gasteiger partial charge in [0.25, 0.3) is 0 Å². The molecule has 3 saturated heterocycles. The molecule has 3 fully saturated rings. The van der Waals surface area contributed by atoms with Gasteiger partial charge in [0.15, 0.2) is 6.10 Å². The Labute approximate surface area is 106 Å². The highest BCUT2D eigenvalue weighted by Gasteiger charge is 2.39. The number of quaternary nitrogens is 1. The summed E-state index contributed by atoms with van der Waals surface area (Å²) in [6, 6.07) is 5.69. The maximum absolute atomic E-state index is 13.0. The molecule has 1 atom stereocenters. The molecular formula is C14H17FNO2+. The monoisotopic (exact) mass is 250 g/mol. The molecule has 3 aliphatic heterocycles. The number of rotatable bonds is 2. The van der Waals surface area contributed by atoms with Crippen molar-refractivity contribution in [3.8, 4) is 0 Å². The number of hydrogen-bond acceptors (Lipinski definition) is 2. The van der Waals surface area contributed by atoms with Crippen LogP contribution < -0.4 is 4.90 Å². The Bertz CT molecular complexity index is 455.